The lowest BCUT2D eigenvalue weighted by atomic mass is 10.2. The molecule has 0 spiro atoms. The van der Waals surface area contributed by atoms with Crippen LogP contribution in [0.2, 0.25) is 5.02 Å². The number of halogens is 1. The zero-order chi connectivity index (χ0) is 13.7. The van der Waals surface area contributed by atoms with Crippen molar-refractivity contribution in [3.05, 3.63) is 35.4 Å². The third-order valence-corrected chi connectivity index (χ3v) is 2.49. The Kier molecular flexibility index (Phi) is 4.25. The molecule has 0 N–H and O–H groups in total. The summed E-state index contributed by atoms with van der Waals surface area (Å²) >= 11 is 5.82. The normalized spacial score (nSPS) is 10.8. The third-order valence-electron chi connectivity index (χ3n) is 2.23. The van der Waals surface area contributed by atoms with Gasteiger partial charge in [0, 0.05) is 22.9 Å². The molecule has 0 bridgehead atoms. The first-order valence-corrected chi connectivity index (χ1v) is 5.97. The van der Waals surface area contributed by atoms with Crippen molar-refractivity contribution in [1.82, 2.24) is 20.2 Å². The summed E-state index contributed by atoms with van der Waals surface area (Å²) in [6, 6.07) is 7.07. The van der Waals surface area contributed by atoms with Crippen LogP contribution in [0, 0.1) is 0 Å². The van der Waals surface area contributed by atoms with Gasteiger partial charge in [-0.05, 0) is 41.6 Å². The fourth-order valence-corrected chi connectivity index (χ4v) is 1.53. The summed E-state index contributed by atoms with van der Waals surface area (Å²) in [7, 11) is 0. The Labute approximate surface area is 114 Å². The van der Waals surface area contributed by atoms with Crippen LogP contribution < -0.4 is 0 Å². The molecule has 1 aromatic heterocycles. The molecule has 0 unspecified atom stereocenters. The summed E-state index contributed by atoms with van der Waals surface area (Å²) in [5, 5.41) is 11.9. The first-order chi connectivity index (χ1) is 9.20. The van der Waals surface area contributed by atoms with E-state index in [0.29, 0.717) is 17.5 Å². The molecule has 0 aliphatic heterocycles. The van der Waals surface area contributed by atoms with Crippen LogP contribution in [0.3, 0.4) is 0 Å². The maximum atomic E-state index is 11.2. The van der Waals surface area contributed by atoms with E-state index in [1.54, 1.807) is 31.2 Å². The Balaban J connectivity index is 2.22. The molecule has 98 valence electrons. The lowest BCUT2D eigenvalue weighted by Crippen LogP contribution is -2.01. The summed E-state index contributed by atoms with van der Waals surface area (Å²) in [6.07, 6.45) is 2.71. The van der Waals surface area contributed by atoms with Gasteiger partial charge >= 0.3 is 5.97 Å². The monoisotopic (exact) mass is 278 g/mol. The van der Waals surface area contributed by atoms with E-state index in [4.69, 9.17) is 16.3 Å². The fourth-order valence-electron chi connectivity index (χ4n) is 1.40. The molecule has 19 heavy (non-hydrogen) atoms. The fraction of sp³-hybridized carbons (Fsp3) is 0.167. The second-order valence-electron chi connectivity index (χ2n) is 3.52. The summed E-state index contributed by atoms with van der Waals surface area (Å²) < 4.78 is 6.17. The predicted molar refractivity (Wildman–Crippen MR) is 70.2 cm³/mol. The summed E-state index contributed by atoms with van der Waals surface area (Å²) in [6.45, 7) is 2.06. The van der Waals surface area contributed by atoms with Crippen molar-refractivity contribution in [2.75, 3.05) is 6.61 Å². The predicted octanol–water partition coefficient (Wildman–Crippen LogP) is 2.03. The van der Waals surface area contributed by atoms with E-state index in [1.807, 2.05) is 0 Å². The maximum Gasteiger partial charge on any atom is 0.332 e. The lowest BCUT2D eigenvalue weighted by Gasteiger charge is -1.99. The van der Waals surface area contributed by atoms with Gasteiger partial charge in [0.25, 0.3) is 0 Å². The topological polar surface area (TPSA) is 69.9 Å². The Morgan fingerprint density at radius 3 is 2.84 bits per heavy atom. The molecule has 0 aliphatic carbocycles. The molecule has 0 radical (unpaired) electrons. The molecular weight excluding hydrogens is 268 g/mol. The molecule has 0 fully saturated rings. The van der Waals surface area contributed by atoms with Gasteiger partial charge in [0.15, 0.2) is 5.82 Å². The van der Waals surface area contributed by atoms with Crippen molar-refractivity contribution in [3.8, 4) is 11.4 Å². The molecule has 0 atom stereocenters. The second kappa shape index (κ2) is 6.10. The first kappa shape index (κ1) is 13.2. The van der Waals surface area contributed by atoms with Crippen molar-refractivity contribution in [3.63, 3.8) is 0 Å². The van der Waals surface area contributed by atoms with Gasteiger partial charge in [-0.1, -0.05) is 11.6 Å². The highest BCUT2D eigenvalue weighted by atomic mass is 35.5. The quantitative estimate of drug-likeness (QED) is 0.632. The van der Waals surface area contributed by atoms with Crippen LogP contribution in [0.1, 0.15) is 6.92 Å². The van der Waals surface area contributed by atoms with Crippen LogP contribution >= 0.6 is 11.6 Å². The highest BCUT2D eigenvalue weighted by molar-refractivity contribution is 6.30. The smallest absolute Gasteiger partial charge is 0.332 e. The highest BCUT2D eigenvalue weighted by Gasteiger charge is 2.07. The molecule has 1 heterocycles. The number of carbonyl (C=O) groups excluding carboxylic acids is 1. The molecule has 0 saturated carbocycles. The van der Waals surface area contributed by atoms with Crippen molar-refractivity contribution in [2.45, 2.75) is 6.92 Å². The first-order valence-electron chi connectivity index (χ1n) is 5.59. The number of hydrogen-bond acceptors (Lipinski definition) is 5. The SMILES string of the molecule is CCOC(=O)/C=C\n1nnnc1-c1ccc(Cl)cc1. The lowest BCUT2D eigenvalue weighted by molar-refractivity contribution is -0.137. The van der Waals surface area contributed by atoms with Crippen LogP contribution in [0.4, 0.5) is 0 Å². The average molecular weight is 279 g/mol. The van der Waals surface area contributed by atoms with E-state index in [0.717, 1.165) is 5.56 Å². The summed E-state index contributed by atoms with van der Waals surface area (Å²) in [4.78, 5) is 11.2. The molecule has 2 aromatic rings. The third kappa shape index (κ3) is 3.38. The molecule has 7 heteroatoms. The maximum absolute atomic E-state index is 11.2. The highest BCUT2D eigenvalue weighted by Crippen LogP contribution is 2.18. The van der Waals surface area contributed by atoms with Gasteiger partial charge in [-0.3, -0.25) is 0 Å². The Morgan fingerprint density at radius 2 is 2.16 bits per heavy atom. The van der Waals surface area contributed by atoms with E-state index < -0.39 is 5.97 Å². The number of ether oxygens (including phenoxy) is 1. The van der Waals surface area contributed by atoms with E-state index in [2.05, 4.69) is 15.5 Å². The van der Waals surface area contributed by atoms with E-state index in [9.17, 15) is 4.79 Å². The molecule has 6 nitrogen and oxygen atoms in total. The molecule has 0 aliphatic rings. The van der Waals surface area contributed by atoms with E-state index in [1.165, 1.54) is 17.0 Å². The standard InChI is InChI=1S/C12H11ClN4O2/c1-2-19-11(18)7-8-17-12(14-15-16-17)9-3-5-10(13)6-4-9/h3-8H,2H2,1H3/b8-7-. The van der Waals surface area contributed by atoms with Gasteiger partial charge in [0.05, 0.1) is 6.61 Å². The molecule has 0 saturated heterocycles. The number of tetrazole rings is 1. The number of rotatable bonds is 4. The van der Waals surface area contributed by atoms with Gasteiger partial charge in [0.2, 0.25) is 0 Å². The number of esters is 1. The molecule has 1 aromatic carbocycles. The summed E-state index contributed by atoms with van der Waals surface area (Å²) in [5.41, 5.74) is 0.794. The van der Waals surface area contributed by atoms with Crippen molar-refractivity contribution >= 4 is 23.8 Å². The van der Waals surface area contributed by atoms with Crippen molar-refractivity contribution < 1.29 is 9.53 Å². The van der Waals surface area contributed by atoms with Crippen LogP contribution in [-0.4, -0.2) is 32.8 Å². The number of benzene rings is 1. The van der Waals surface area contributed by atoms with Crippen LogP contribution in [0.15, 0.2) is 30.3 Å². The Morgan fingerprint density at radius 1 is 1.42 bits per heavy atom. The Bertz CT molecular complexity index is 592. The van der Waals surface area contributed by atoms with E-state index >= 15 is 0 Å². The number of nitrogens with zero attached hydrogens (tertiary/aromatic N) is 4. The minimum absolute atomic E-state index is 0.322. The van der Waals surface area contributed by atoms with Gasteiger partial charge in [-0.25, -0.2) is 4.79 Å². The van der Waals surface area contributed by atoms with E-state index in [-0.39, 0.29) is 0 Å². The second-order valence-corrected chi connectivity index (χ2v) is 3.96. The van der Waals surface area contributed by atoms with Gasteiger partial charge in [-0.15, -0.1) is 5.10 Å². The Hall–Kier alpha value is -2.21. The zero-order valence-electron chi connectivity index (χ0n) is 10.2. The van der Waals surface area contributed by atoms with Crippen molar-refractivity contribution in [2.24, 2.45) is 0 Å². The van der Waals surface area contributed by atoms with Crippen LogP contribution in [0.25, 0.3) is 17.6 Å². The molecule has 0 amide bonds. The minimum atomic E-state index is -0.444. The number of hydrogen-bond donors (Lipinski definition) is 0. The van der Waals surface area contributed by atoms with Gasteiger partial charge < -0.3 is 4.74 Å². The molecule has 2 rings (SSSR count). The van der Waals surface area contributed by atoms with Gasteiger partial charge in [-0.2, -0.15) is 4.68 Å². The zero-order valence-corrected chi connectivity index (χ0v) is 10.9. The van der Waals surface area contributed by atoms with Crippen molar-refractivity contribution in [1.29, 1.82) is 0 Å². The summed E-state index contributed by atoms with van der Waals surface area (Å²) in [5.74, 6) is 0.0669. The number of carbonyl (C=O) groups is 1. The average Bonchev–Trinajstić information content (AvgIpc) is 2.86. The minimum Gasteiger partial charge on any atom is -0.463 e. The number of aromatic nitrogens is 4. The van der Waals surface area contributed by atoms with Gasteiger partial charge in [0.1, 0.15) is 0 Å². The van der Waals surface area contributed by atoms with Crippen LogP contribution in [0.5, 0.6) is 0 Å². The largest absolute Gasteiger partial charge is 0.463 e. The molecular formula is C12H11ClN4O2. The van der Waals surface area contributed by atoms with Crippen LogP contribution in [-0.2, 0) is 9.53 Å².